The fourth-order valence-electron chi connectivity index (χ4n) is 3.97. The molecule has 2 aliphatic heterocycles. The van der Waals surface area contributed by atoms with Crippen LogP contribution in [0.2, 0.25) is 0 Å². The van der Waals surface area contributed by atoms with Gasteiger partial charge in [-0.1, -0.05) is 12.1 Å². The Balaban J connectivity index is 1.40. The normalized spacial score (nSPS) is 20.8. The first-order valence-electron chi connectivity index (χ1n) is 10.9. The van der Waals surface area contributed by atoms with Crippen molar-refractivity contribution in [3.05, 3.63) is 52.2 Å². The Labute approximate surface area is 193 Å². The van der Waals surface area contributed by atoms with Gasteiger partial charge in [0, 0.05) is 43.2 Å². The van der Waals surface area contributed by atoms with E-state index in [4.69, 9.17) is 9.47 Å². The molecule has 2 aromatic rings. The van der Waals surface area contributed by atoms with Crippen LogP contribution in [0.1, 0.15) is 34.1 Å². The average molecular weight is 480 g/mol. The van der Waals surface area contributed by atoms with Gasteiger partial charge in [-0.25, -0.2) is 13.1 Å². The van der Waals surface area contributed by atoms with E-state index in [9.17, 15) is 13.2 Å². The largest absolute Gasteiger partial charge is 0.379 e. The molecule has 10 heteroatoms. The summed E-state index contributed by atoms with van der Waals surface area (Å²) in [7, 11) is -3.72. The number of carbonyl (C=O) groups excluding carboxylic acids is 1. The van der Waals surface area contributed by atoms with Gasteiger partial charge in [0.15, 0.2) is 0 Å². The van der Waals surface area contributed by atoms with Crippen molar-refractivity contribution in [2.24, 2.45) is 0 Å². The van der Waals surface area contributed by atoms with Crippen molar-refractivity contribution in [3.63, 3.8) is 0 Å². The Hall–Kier alpha value is -1.82. The highest BCUT2D eigenvalue weighted by atomic mass is 32.2. The van der Waals surface area contributed by atoms with Gasteiger partial charge in [-0.05, 0) is 42.5 Å². The van der Waals surface area contributed by atoms with Crippen molar-refractivity contribution in [2.45, 2.75) is 29.9 Å². The third-order valence-corrected chi connectivity index (χ3v) is 8.14. The van der Waals surface area contributed by atoms with E-state index in [1.807, 2.05) is 11.4 Å². The van der Waals surface area contributed by atoms with Crippen LogP contribution in [0.4, 0.5) is 0 Å². The zero-order valence-electron chi connectivity index (χ0n) is 17.9. The molecule has 2 unspecified atom stereocenters. The number of hydrogen-bond donors (Lipinski definition) is 2. The number of thiophene rings is 1. The molecule has 0 aliphatic carbocycles. The number of nitrogens with zero attached hydrogens (tertiary/aromatic N) is 1. The minimum Gasteiger partial charge on any atom is -0.379 e. The van der Waals surface area contributed by atoms with Crippen molar-refractivity contribution in [2.75, 3.05) is 46.0 Å². The predicted octanol–water partition coefficient (Wildman–Crippen LogP) is 2.01. The Kier molecular flexibility index (Phi) is 7.93. The Morgan fingerprint density at radius 2 is 2.03 bits per heavy atom. The molecule has 2 fully saturated rings. The molecule has 0 saturated carbocycles. The van der Waals surface area contributed by atoms with Gasteiger partial charge in [0.2, 0.25) is 10.0 Å². The molecule has 0 bridgehead atoms. The lowest BCUT2D eigenvalue weighted by molar-refractivity contribution is 0.0169. The van der Waals surface area contributed by atoms with Crippen LogP contribution in [-0.2, 0) is 19.5 Å². The second kappa shape index (κ2) is 10.9. The highest BCUT2D eigenvalue weighted by Crippen LogP contribution is 2.25. The minimum atomic E-state index is -3.72. The van der Waals surface area contributed by atoms with Gasteiger partial charge >= 0.3 is 0 Å². The number of benzene rings is 1. The first-order chi connectivity index (χ1) is 15.5. The summed E-state index contributed by atoms with van der Waals surface area (Å²) in [6.07, 6.45) is 1.70. The maximum atomic E-state index is 12.9. The van der Waals surface area contributed by atoms with Crippen LogP contribution >= 0.6 is 11.3 Å². The van der Waals surface area contributed by atoms with Gasteiger partial charge in [0.05, 0.1) is 30.3 Å². The lowest BCUT2D eigenvalue weighted by atomic mass is 10.1. The zero-order valence-corrected chi connectivity index (χ0v) is 19.5. The van der Waals surface area contributed by atoms with Crippen LogP contribution in [0.25, 0.3) is 0 Å². The van der Waals surface area contributed by atoms with Crippen LogP contribution < -0.4 is 10.0 Å². The van der Waals surface area contributed by atoms with E-state index in [1.54, 1.807) is 23.5 Å². The van der Waals surface area contributed by atoms with Crippen molar-refractivity contribution >= 4 is 27.3 Å². The molecule has 4 rings (SSSR count). The summed E-state index contributed by atoms with van der Waals surface area (Å²) in [6, 6.07) is 10.3. The number of carbonyl (C=O) groups is 1. The maximum Gasteiger partial charge on any atom is 0.251 e. The molecule has 3 heterocycles. The smallest absolute Gasteiger partial charge is 0.251 e. The summed E-state index contributed by atoms with van der Waals surface area (Å²) in [5, 5.41) is 5.02. The summed E-state index contributed by atoms with van der Waals surface area (Å²) < 4.78 is 38.9. The second-order valence-corrected chi connectivity index (χ2v) is 10.7. The monoisotopic (exact) mass is 479 g/mol. The summed E-state index contributed by atoms with van der Waals surface area (Å²) in [6.45, 7) is 4.31. The topological polar surface area (TPSA) is 97.0 Å². The second-order valence-electron chi connectivity index (χ2n) is 7.90. The maximum absolute atomic E-state index is 12.9. The first-order valence-corrected chi connectivity index (χ1v) is 13.2. The molecular weight excluding hydrogens is 450 g/mol. The van der Waals surface area contributed by atoms with Crippen LogP contribution in [0, 0.1) is 0 Å². The van der Waals surface area contributed by atoms with Crippen molar-refractivity contribution in [1.82, 2.24) is 14.9 Å². The van der Waals surface area contributed by atoms with E-state index in [-0.39, 0.29) is 29.5 Å². The van der Waals surface area contributed by atoms with E-state index in [2.05, 4.69) is 21.0 Å². The fraction of sp³-hybridized carbons (Fsp3) is 0.500. The Morgan fingerprint density at radius 1 is 1.19 bits per heavy atom. The van der Waals surface area contributed by atoms with Gasteiger partial charge in [0.25, 0.3) is 5.91 Å². The molecule has 1 aromatic carbocycles. The molecule has 0 spiro atoms. The molecule has 1 aromatic heterocycles. The van der Waals surface area contributed by atoms with E-state index in [0.29, 0.717) is 31.9 Å². The molecule has 2 aliphatic rings. The van der Waals surface area contributed by atoms with Crippen LogP contribution in [0.3, 0.4) is 0 Å². The van der Waals surface area contributed by atoms with E-state index in [0.717, 1.165) is 25.9 Å². The minimum absolute atomic E-state index is 0.0582. The standard InChI is InChI=1S/C22H29N3O5S2/c26-22(23-16-20(21-7-3-13-31-21)25-8-11-29-12-9-25)17-4-1-6-19(14-17)32(27,28)24-15-18-5-2-10-30-18/h1,3-4,6-7,13-14,18,20,24H,2,5,8-12,15-16H2,(H,23,26). The summed E-state index contributed by atoms with van der Waals surface area (Å²) in [4.78, 5) is 16.4. The molecule has 2 saturated heterocycles. The van der Waals surface area contributed by atoms with Gasteiger partial charge in [0.1, 0.15) is 0 Å². The van der Waals surface area contributed by atoms with Crippen molar-refractivity contribution in [3.8, 4) is 0 Å². The highest BCUT2D eigenvalue weighted by Gasteiger charge is 2.25. The third-order valence-electron chi connectivity index (χ3n) is 5.75. The third kappa shape index (κ3) is 5.94. The molecule has 2 atom stereocenters. The highest BCUT2D eigenvalue weighted by molar-refractivity contribution is 7.89. The molecule has 0 radical (unpaired) electrons. The molecule has 1 amide bonds. The van der Waals surface area contributed by atoms with Gasteiger partial charge in [-0.15, -0.1) is 11.3 Å². The van der Waals surface area contributed by atoms with E-state index < -0.39 is 10.0 Å². The van der Waals surface area contributed by atoms with Crippen LogP contribution in [0.5, 0.6) is 0 Å². The van der Waals surface area contributed by atoms with E-state index >= 15 is 0 Å². The number of rotatable bonds is 9. The van der Waals surface area contributed by atoms with Crippen molar-refractivity contribution in [1.29, 1.82) is 0 Å². The first kappa shape index (κ1) is 23.3. The lowest BCUT2D eigenvalue weighted by Crippen LogP contribution is -2.43. The van der Waals surface area contributed by atoms with Gasteiger partial charge in [-0.2, -0.15) is 0 Å². The van der Waals surface area contributed by atoms with Gasteiger partial charge in [-0.3, -0.25) is 9.69 Å². The lowest BCUT2D eigenvalue weighted by Gasteiger charge is -2.34. The Morgan fingerprint density at radius 3 is 2.75 bits per heavy atom. The molecule has 32 heavy (non-hydrogen) atoms. The fourth-order valence-corrected chi connectivity index (χ4v) is 5.94. The summed E-state index contributed by atoms with van der Waals surface area (Å²) in [5.41, 5.74) is 0.317. The summed E-state index contributed by atoms with van der Waals surface area (Å²) in [5.74, 6) is -0.295. The number of morpholine rings is 1. The molecule has 174 valence electrons. The van der Waals surface area contributed by atoms with Crippen LogP contribution in [-0.4, -0.2) is 71.3 Å². The number of hydrogen-bond acceptors (Lipinski definition) is 7. The quantitative estimate of drug-likeness (QED) is 0.571. The van der Waals surface area contributed by atoms with Gasteiger partial charge < -0.3 is 14.8 Å². The van der Waals surface area contributed by atoms with E-state index in [1.165, 1.54) is 17.0 Å². The zero-order chi connectivity index (χ0) is 22.4. The number of ether oxygens (including phenoxy) is 2. The average Bonchev–Trinajstić information content (AvgIpc) is 3.53. The number of sulfonamides is 1. The predicted molar refractivity (Wildman–Crippen MR) is 122 cm³/mol. The van der Waals surface area contributed by atoms with Crippen molar-refractivity contribution < 1.29 is 22.7 Å². The molecular formula is C22H29N3O5S2. The number of amides is 1. The Bertz CT molecular complexity index is 985. The van der Waals surface area contributed by atoms with Crippen LogP contribution in [0.15, 0.2) is 46.7 Å². The SMILES string of the molecule is O=C(NCC(c1cccs1)N1CCOCC1)c1cccc(S(=O)(=O)NCC2CCCO2)c1. The number of nitrogens with one attached hydrogen (secondary N) is 2. The molecule has 8 nitrogen and oxygen atoms in total. The summed E-state index contributed by atoms with van der Waals surface area (Å²) >= 11 is 1.66. The molecule has 2 N–H and O–H groups in total.